The van der Waals surface area contributed by atoms with Crippen LogP contribution in [0.5, 0.6) is 0 Å². The second-order valence-electron chi connectivity index (χ2n) is 5.41. The van der Waals surface area contributed by atoms with Crippen LogP contribution < -0.4 is 0 Å². The van der Waals surface area contributed by atoms with Gasteiger partial charge in [-0.1, -0.05) is 0 Å². The van der Waals surface area contributed by atoms with Gasteiger partial charge in [0.05, 0.1) is 24.3 Å². The van der Waals surface area contributed by atoms with Crippen molar-refractivity contribution < 1.29 is 19.1 Å². The molecule has 134 valence electrons. The van der Waals surface area contributed by atoms with Gasteiger partial charge < -0.3 is 9.47 Å². The zero-order valence-corrected chi connectivity index (χ0v) is 16.1. The van der Waals surface area contributed by atoms with Crippen LogP contribution in [0.1, 0.15) is 34.6 Å². The average Bonchev–Trinajstić information content (AvgIpc) is 3.34. The van der Waals surface area contributed by atoms with Crippen LogP contribution in [0.25, 0.3) is 22.3 Å². The van der Waals surface area contributed by atoms with E-state index in [1.807, 2.05) is 33.7 Å². The molecule has 3 rings (SSSR count). The normalized spacial score (nSPS) is 10.5. The number of hydrogen-bond donors (Lipinski definition) is 0. The van der Waals surface area contributed by atoms with Gasteiger partial charge >= 0.3 is 11.9 Å². The second-order valence-corrected chi connectivity index (χ2v) is 6.97. The maximum absolute atomic E-state index is 12.6. The lowest BCUT2D eigenvalue weighted by molar-refractivity contribution is 0.0513. The zero-order chi connectivity index (χ0) is 18.5. The van der Waals surface area contributed by atoms with Crippen LogP contribution in [0.15, 0.2) is 45.8 Å². The Hall–Kier alpha value is -2.44. The third-order valence-corrected chi connectivity index (χ3v) is 5.18. The van der Waals surface area contributed by atoms with Crippen molar-refractivity contribution in [1.29, 1.82) is 0 Å². The lowest BCUT2D eigenvalue weighted by atomic mass is 9.92. The summed E-state index contributed by atoms with van der Waals surface area (Å²) in [5.41, 5.74) is 3.98. The van der Waals surface area contributed by atoms with E-state index in [1.165, 1.54) is 22.7 Å². The molecule has 0 fully saturated rings. The SMILES string of the molecule is CCOC(=O)c1cc(-c2ccsc2)c(C(=O)OCC)cc1-c1ccsc1. The van der Waals surface area contributed by atoms with Gasteiger partial charge in [-0.3, -0.25) is 0 Å². The minimum atomic E-state index is -0.402. The first kappa shape index (κ1) is 18.4. The van der Waals surface area contributed by atoms with Crippen LogP contribution >= 0.6 is 22.7 Å². The van der Waals surface area contributed by atoms with Crippen molar-refractivity contribution >= 4 is 34.6 Å². The number of carbonyl (C=O) groups excluding carboxylic acids is 2. The molecule has 0 N–H and O–H groups in total. The summed E-state index contributed by atoms with van der Waals surface area (Å²) in [4.78, 5) is 25.1. The molecule has 0 atom stereocenters. The molecule has 4 nitrogen and oxygen atoms in total. The molecule has 26 heavy (non-hydrogen) atoms. The molecule has 0 aliphatic heterocycles. The van der Waals surface area contributed by atoms with Gasteiger partial charge in [-0.25, -0.2) is 9.59 Å². The number of benzene rings is 1. The van der Waals surface area contributed by atoms with Crippen molar-refractivity contribution in [2.24, 2.45) is 0 Å². The molecule has 0 spiro atoms. The lowest BCUT2D eigenvalue weighted by Crippen LogP contribution is -2.11. The smallest absolute Gasteiger partial charge is 0.338 e. The van der Waals surface area contributed by atoms with Gasteiger partial charge in [0.1, 0.15) is 0 Å². The Kier molecular flexibility index (Phi) is 5.85. The fourth-order valence-corrected chi connectivity index (χ4v) is 3.98. The summed E-state index contributed by atoms with van der Waals surface area (Å²) in [5.74, 6) is -0.804. The van der Waals surface area contributed by atoms with E-state index >= 15 is 0 Å². The Bertz CT molecular complexity index is 820. The minimum Gasteiger partial charge on any atom is -0.462 e. The molecule has 0 bridgehead atoms. The fraction of sp³-hybridized carbons (Fsp3) is 0.200. The molecule has 0 amide bonds. The van der Waals surface area contributed by atoms with Gasteiger partial charge in [-0.2, -0.15) is 22.7 Å². The lowest BCUT2D eigenvalue weighted by Gasteiger charge is -2.14. The highest BCUT2D eigenvalue weighted by Gasteiger charge is 2.23. The highest BCUT2D eigenvalue weighted by Crippen LogP contribution is 2.35. The Labute approximate surface area is 160 Å². The molecule has 0 radical (unpaired) electrons. The molecule has 0 aliphatic rings. The van der Waals surface area contributed by atoms with E-state index in [9.17, 15) is 9.59 Å². The summed E-state index contributed by atoms with van der Waals surface area (Å²) in [7, 11) is 0. The van der Waals surface area contributed by atoms with E-state index in [4.69, 9.17) is 9.47 Å². The van der Waals surface area contributed by atoms with Crippen molar-refractivity contribution in [1.82, 2.24) is 0 Å². The predicted molar refractivity (Wildman–Crippen MR) is 105 cm³/mol. The van der Waals surface area contributed by atoms with Gasteiger partial charge in [0.15, 0.2) is 0 Å². The van der Waals surface area contributed by atoms with Gasteiger partial charge in [-0.15, -0.1) is 0 Å². The molecule has 0 saturated heterocycles. The first-order chi connectivity index (χ1) is 12.7. The summed E-state index contributed by atoms with van der Waals surface area (Å²) >= 11 is 3.06. The molecule has 0 unspecified atom stereocenters. The van der Waals surface area contributed by atoms with Crippen LogP contribution in [0.3, 0.4) is 0 Å². The van der Waals surface area contributed by atoms with Crippen LogP contribution in [0.4, 0.5) is 0 Å². The average molecular weight is 386 g/mol. The number of rotatable bonds is 6. The Morgan fingerprint density at radius 1 is 0.808 bits per heavy atom. The van der Waals surface area contributed by atoms with Gasteiger partial charge in [-0.05, 0) is 81.9 Å². The summed E-state index contributed by atoms with van der Waals surface area (Å²) in [6.07, 6.45) is 0. The molecule has 3 aromatic rings. The number of hydrogen-bond acceptors (Lipinski definition) is 6. The van der Waals surface area contributed by atoms with Gasteiger partial charge in [0, 0.05) is 0 Å². The molecule has 1 aromatic carbocycles. The highest BCUT2D eigenvalue weighted by atomic mass is 32.1. The number of carbonyl (C=O) groups is 2. The van der Waals surface area contributed by atoms with Crippen LogP contribution in [0.2, 0.25) is 0 Å². The number of ether oxygens (including phenoxy) is 2. The first-order valence-corrected chi connectivity index (χ1v) is 10.1. The van der Waals surface area contributed by atoms with Crippen molar-refractivity contribution in [2.45, 2.75) is 13.8 Å². The van der Waals surface area contributed by atoms with Crippen LogP contribution in [-0.4, -0.2) is 25.2 Å². The van der Waals surface area contributed by atoms with E-state index in [0.717, 1.165) is 11.1 Å². The monoisotopic (exact) mass is 386 g/mol. The maximum atomic E-state index is 12.6. The Morgan fingerprint density at radius 3 is 1.54 bits per heavy atom. The largest absolute Gasteiger partial charge is 0.462 e. The standard InChI is InChI=1S/C20H18O4S2/c1-3-23-19(21)17-9-16(14-6-8-26-12-14)18(20(22)24-4-2)10-15(17)13-5-7-25-11-13/h5-12H,3-4H2,1-2H3. The molecule has 0 aliphatic carbocycles. The third kappa shape index (κ3) is 3.71. The number of esters is 2. The Balaban J connectivity index is 2.25. The summed E-state index contributed by atoms with van der Waals surface area (Å²) in [6.45, 7) is 4.12. The molecule has 2 aromatic heterocycles. The van der Waals surface area contributed by atoms with Gasteiger partial charge in [0.25, 0.3) is 0 Å². The second kappa shape index (κ2) is 8.29. The van der Waals surface area contributed by atoms with Crippen LogP contribution in [-0.2, 0) is 9.47 Å². The van der Waals surface area contributed by atoms with Crippen molar-refractivity contribution in [3.63, 3.8) is 0 Å². The quantitative estimate of drug-likeness (QED) is 0.525. The Morgan fingerprint density at radius 2 is 1.23 bits per heavy atom. The van der Waals surface area contributed by atoms with Crippen LogP contribution in [0, 0.1) is 0 Å². The summed E-state index contributed by atoms with van der Waals surface area (Å²) < 4.78 is 10.5. The van der Waals surface area contributed by atoms with E-state index in [-0.39, 0.29) is 13.2 Å². The molecular formula is C20H18O4S2. The van der Waals surface area contributed by atoms with E-state index in [0.29, 0.717) is 22.3 Å². The van der Waals surface area contributed by atoms with E-state index in [2.05, 4.69) is 0 Å². The van der Waals surface area contributed by atoms with Crippen molar-refractivity contribution in [3.8, 4) is 22.3 Å². The maximum Gasteiger partial charge on any atom is 0.338 e. The first-order valence-electron chi connectivity index (χ1n) is 8.23. The molecule has 6 heteroatoms. The summed E-state index contributed by atoms with van der Waals surface area (Å²) in [5, 5.41) is 7.75. The van der Waals surface area contributed by atoms with E-state index < -0.39 is 11.9 Å². The third-order valence-electron chi connectivity index (χ3n) is 3.81. The molecule has 0 saturated carbocycles. The van der Waals surface area contributed by atoms with E-state index in [1.54, 1.807) is 26.0 Å². The predicted octanol–water partition coefficient (Wildman–Crippen LogP) is 5.50. The highest BCUT2D eigenvalue weighted by molar-refractivity contribution is 7.08. The topological polar surface area (TPSA) is 52.6 Å². The fourth-order valence-electron chi connectivity index (χ4n) is 2.67. The molecule has 2 heterocycles. The summed E-state index contributed by atoms with van der Waals surface area (Å²) in [6, 6.07) is 7.31. The van der Waals surface area contributed by atoms with Gasteiger partial charge in [0.2, 0.25) is 0 Å². The van der Waals surface area contributed by atoms with Crippen molar-refractivity contribution in [3.05, 3.63) is 56.9 Å². The zero-order valence-electron chi connectivity index (χ0n) is 14.5. The van der Waals surface area contributed by atoms with Crippen molar-refractivity contribution in [2.75, 3.05) is 13.2 Å². The number of thiophene rings is 2. The minimum absolute atomic E-state index is 0.287. The molecular weight excluding hydrogens is 368 g/mol.